The average molecular weight is 471 g/mol. The van der Waals surface area contributed by atoms with Gasteiger partial charge >= 0.3 is 6.09 Å². The van der Waals surface area contributed by atoms with Crippen LogP contribution in [-0.2, 0) is 6.42 Å². The first-order valence-corrected chi connectivity index (χ1v) is 11.6. The number of nitrogens with one attached hydrogen (secondary N) is 1. The van der Waals surface area contributed by atoms with Gasteiger partial charge in [0.05, 0.1) is 28.0 Å². The van der Waals surface area contributed by atoms with Crippen LogP contribution in [0.1, 0.15) is 32.0 Å². The van der Waals surface area contributed by atoms with Crippen LogP contribution in [0.5, 0.6) is 0 Å². The average Bonchev–Trinajstić information content (AvgIpc) is 3.30. The van der Waals surface area contributed by atoms with Gasteiger partial charge in [-0.1, -0.05) is 66.7 Å². The van der Waals surface area contributed by atoms with E-state index in [-0.39, 0.29) is 10.9 Å². The lowest BCUT2D eigenvalue weighted by Gasteiger charge is -2.33. The number of hydrogen-bond acceptors (Lipinski definition) is 5. The molecule has 0 fully saturated rings. The standard InChI is InChI=1S/C26H22N4O3S/c27-19-8-4-5-9-20(19)28-24(31)25-29-21-14-15-30(26(32)33)22(23(21)34-25)18-12-10-17(11-13-18)16-6-2-1-3-7-16/h1-13,22H,14-15,27H2,(H,28,31)(H,32,33). The van der Waals surface area contributed by atoms with Gasteiger partial charge in [0, 0.05) is 13.0 Å². The number of anilines is 2. The fourth-order valence-corrected chi connectivity index (χ4v) is 5.31. The van der Waals surface area contributed by atoms with Crippen molar-refractivity contribution in [3.63, 3.8) is 0 Å². The summed E-state index contributed by atoms with van der Waals surface area (Å²) in [6.07, 6.45) is -0.545. The Hall–Kier alpha value is -4.17. The molecule has 170 valence electrons. The predicted octanol–water partition coefficient (Wildman–Crippen LogP) is 5.27. The minimum Gasteiger partial charge on any atom is -0.465 e. The fourth-order valence-electron chi connectivity index (χ4n) is 4.16. The van der Waals surface area contributed by atoms with E-state index < -0.39 is 12.1 Å². The van der Waals surface area contributed by atoms with Gasteiger partial charge in [0.15, 0.2) is 5.01 Å². The van der Waals surface area contributed by atoms with E-state index in [0.717, 1.165) is 27.3 Å². The zero-order chi connectivity index (χ0) is 23.7. The van der Waals surface area contributed by atoms with Gasteiger partial charge in [-0.25, -0.2) is 9.78 Å². The highest BCUT2D eigenvalue weighted by Gasteiger charge is 2.35. The van der Waals surface area contributed by atoms with Crippen LogP contribution in [0.15, 0.2) is 78.9 Å². The van der Waals surface area contributed by atoms with Gasteiger partial charge in [-0.05, 0) is 28.8 Å². The zero-order valence-electron chi connectivity index (χ0n) is 18.1. The molecule has 4 aromatic rings. The van der Waals surface area contributed by atoms with Crippen molar-refractivity contribution in [3.05, 3.63) is 100 Å². The number of thiazole rings is 1. The number of benzene rings is 3. The predicted molar refractivity (Wildman–Crippen MR) is 133 cm³/mol. The third-order valence-corrected chi connectivity index (χ3v) is 7.01. The number of aromatic nitrogens is 1. The first-order chi connectivity index (χ1) is 16.5. The van der Waals surface area contributed by atoms with Gasteiger partial charge in [0.1, 0.15) is 0 Å². The number of carboxylic acid groups (broad SMARTS) is 1. The molecule has 34 heavy (non-hydrogen) atoms. The molecule has 0 saturated carbocycles. The number of carbonyl (C=O) groups is 2. The van der Waals surface area contributed by atoms with E-state index in [0.29, 0.717) is 24.3 Å². The zero-order valence-corrected chi connectivity index (χ0v) is 19.0. The van der Waals surface area contributed by atoms with Gasteiger partial charge in [0.25, 0.3) is 5.91 Å². The Morgan fingerprint density at radius 2 is 1.65 bits per heavy atom. The molecule has 2 amide bonds. The first kappa shape index (κ1) is 21.7. The van der Waals surface area contributed by atoms with Gasteiger partial charge < -0.3 is 16.2 Å². The maximum Gasteiger partial charge on any atom is 0.408 e. The smallest absolute Gasteiger partial charge is 0.408 e. The Bertz CT molecular complexity index is 1350. The quantitative estimate of drug-likeness (QED) is 0.352. The highest BCUT2D eigenvalue weighted by molar-refractivity contribution is 7.14. The molecule has 0 aliphatic carbocycles. The van der Waals surface area contributed by atoms with E-state index in [4.69, 9.17) is 5.73 Å². The summed E-state index contributed by atoms with van der Waals surface area (Å²) in [7, 11) is 0. The summed E-state index contributed by atoms with van der Waals surface area (Å²) in [6.45, 7) is 0.309. The van der Waals surface area contributed by atoms with E-state index >= 15 is 0 Å². The lowest BCUT2D eigenvalue weighted by atomic mass is 9.95. The Labute approximate surface area is 200 Å². The van der Waals surface area contributed by atoms with Gasteiger partial charge in [-0.2, -0.15) is 0 Å². The molecule has 4 N–H and O–H groups in total. The van der Waals surface area contributed by atoms with Crippen LogP contribution in [0, 0.1) is 0 Å². The van der Waals surface area contributed by atoms with E-state index in [1.165, 1.54) is 16.2 Å². The summed E-state index contributed by atoms with van der Waals surface area (Å²) in [6, 6.07) is 24.4. The number of carbonyl (C=O) groups excluding carboxylic acids is 1. The molecule has 0 spiro atoms. The fraction of sp³-hybridized carbons (Fsp3) is 0.115. The summed E-state index contributed by atoms with van der Waals surface area (Å²) in [4.78, 5) is 31.7. The maximum absolute atomic E-state index is 12.9. The Morgan fingerprint density at radius 3 is 2.35 bits per heavy atom. The summed E-state index contributed by atoms with van der Waals surface area (Å²) in [5, 5.41) is 13.0. The lowest BCUT2D eigenvalue weighted by Crippen LogP contribution is -2.39. The van der Waals surface area contributed by atoms with Crippen LogP contribution in [0.3, 0.4) is 0 Å². The summed E-state index contributed by atoms with van der Waals surface area (Å²) >= 11 is 1.22. The molecule has 0 bridgehead atoms. The van der Waals surface area contributed by atoms with Crippen LogP contribution < -0.4 is 11.1 Å². The van der Waals surface area contributed by atoms with E-state index in [2.05, 4.69) is 10.3 Å². The van der Waals surface area contributed by atoms with Gasteiger partial charge in [-0.15, -0.1) is 11.3 Å². The number of nitrogens with zero attached hydrogens (tertiary/aromatic N) is 2. The molecule has 1 aliphatic heterocycles. The number of nitrogens with two attached hydrogens (primary N) is 1. The number of nitrogen functional groups attached to an aromatic ring is 1. The van der Waals surface area contributed by atoms with Crippen molar-refractivity contribution in [2.75, 3.05) is 17.6 Å². The van der Waals surface area contributed by atoms with E-state index in [1.807, 2.05) is 54.6 Å². The number of fused-ring (bicyclic) bond motifs is 1. The number of amides is 2. The molecule has 5 rings (SSSR count). The Kier molecular flexibility index (Phi) is 5.73. The van der Waals surface area contributed by atoms with Crippen molar-refractivity contribution in [1.82, 2.24) is 9.88 Å². The number of hydrogen-bond donors (Lipinski definition) is 3. The molecule has 3 aromatic carbocycles. The Morgan fingerprint density at radius 1 is 0.971 bits per heavy atom. The molecule has 2 heterocycles. The minimum absolute atomic E-state index is 0.284. The SMILES string of the molecule is Nc1ccccc1NC(=O)c1nc2c(s1)C(c1ccc(-c3ccccc3)cc1)N(C(=O)O)CC2. The van der Waals surface area contributed by atoms with Gasteiger partial charge in [0.2, 0.25) is 0 Å². The number of para-hydroxylation sites is 2. The summed E-state index contributed by atoms with van der Waals surface area (Å²) in [5.41, 5.74) is 10.7. The highest BCUT2D eigenvalue weighted by atomic mass is 32.1. The molecule has 1 unspecified atom stereocenters. The summed E-state index contributed by atoms with van der Waals surface area (Å²) < 4.78 is 0. The second-order valence-electron chi connectivity index (χ2n) is 7.99. The van der Waals surface area contributed by atoms with Crippen molar-refractivity contribution in [2.45, 2.75) is 12.5 Å². The number of rotatable bonds is 4. The molecular formula is C26H22N4O3S. The Balaban J connectivity index is 1.48. The minimum atomic E-state index is -1.00. The van der Waals surface area contributed by atoms with Crippen LogP contribution in [0.2, 0.25) is 0 Å². The van der Waals surface area contributed by atoms with Crippen LogP contribution in [0.25, 0.3) is 11.1 Å². The molecule has 1 atom stereocenters. The van der Waals surface area contributed by atoms with E-state index in [9.17, 15) is 14.7 Å². The van der Waals surface area contributed by atoms with Crippen LogP contribution in [-0.4, -0.2) is 33.5 Å². The largest absolute Gasteiger partial charge is 0.465 e. The molecule has 8 heteroatoms. The summed E-state index contributed by atoms with van der Waals surface area (Å²) in [5.74, 6) is -0.364. The highest BCUT2D eigenvalue weighted by Crippen LogP contribution is 2.39. The normalized spacial score (nSPS) is 14.9. The molecular weight excluding hydrogens is 448 g/mol. The van der Waals surface area contributed by atoms with Crippen LogP contribution >= 0.6 is 11.3 Å². The van der Waals surface area contributed by atoms with Crippen LogP contribution in [0.4, 0.5) is 16.2 Å². The van der Waals surface area contributed by atoms with Crippen molar-refractivity contribution >= 4 is 34.7 Å². The third kappa shape index (κ3) is 4.11. The van der Waals surface area contributed by atoms with E-state index in [1.54, 1.807) is 24.3 Å². The van der Waals surface area contributed by atoms with Crippen molar-refractivity contribution < 1.29 is 14.7 Å². The lowest BCUT2D eigenvalue weighted by molar-refractivity contribution is 0.102. The molecule has 0 saturated heterocycles. The topological polar surface area (TPSA) is 109 Å². The maximum atomic E-state index is 12.9. The van der Waals surface area contributed by atoms with Crippen molar-refractivity contribution in [2.24, 2.45) is 0 Å². The van der Waals surface area contributed by atoms with Gasteiger partial charge in [-0.3, -0.25) is 9.69 Å². The molecule has 7 nitrogen and oxygen atoms in total. The van der Waals surface area contributed by atoms with Crippen molar-refractivity contribution in [1.29, 1.82) is 0 Å². The first-order valence-electron chi connectivity index (χ1n) is 10.8. The van der Waals surface area contributed by atoms with Crippen molar-refractivity contribution in [3.8, 4) is 11.1 Å². The molecule has 1 aromatic heterocycles. The molecule has 1 aliphatic rings. The third-order valence-electron chi connectivity index (χ3n) is 5.86. The molecule has 0 radical (unpaired) electrons. The second kappa shape index (κ2) is 8.99. The second-order valence-corrected chi connectivity index (χ2v) is 9.02. The monoisotopic (exact) mass is 470 g/mol.